The Balaban J connectivity index is 1.42. The highest BCUT2D eigenvalue weighted by Crippen LogP contribution is 2.68. The molecule has 2 aliphatic rings. The van der Waals surface area contributed by atoms with Crippen molar-refractivity contribution >= 4 is 31.8 Å². The summed E-state index contributed by atoms with van der Waals surface area (Å²) in [5.74, 6) is 0.564. The SMILES string of the molecule is CC(C)(C)c1ccncc1CNc1ncc(S(=O)(=O)NCC2(CO)CC3(CC3)C2)cc1Br. The van der Waals surface area contributed by atoms with Gasteiger partial charge in [-0.1, -0.05) is 20.8 Å². The molecule has 0 bridgehead atoms. The smallest absolute Gasteiger partial charge is 0.242 e. The van der Waals surface area contributed by atoms with Crippen molar-refractivity contribution in [1.29, 1.82) is 0 Å². The maximum Gasteiger partial charge on any atom is 0.242 e. The number of pyridine rings is 2. The van der Waals surface area contributed by atoms with Crippen LogP contribution in [-0.2, 0) is 22.0 Å². The first-order valence-corrected chi connectivity index (χ1v) is 13.2. The van der Waals surface area contributed by atoms with Crippen LogP contribution in [0.15, 0.2) is 40.1 Å². The normalized spacial score (nSPS) is 18.9. The molecule has 174 valence electrons. The second-order valence-electron chi connectivity index (χ2n) is 10.5. The van der Waals surface area contributed by atoms with Crippen LogP contribution in [0.2, 0.25) is 0 Å². The fraction of sp³-hybridized carbons (Fsp3) is 0.565. The fourth-order valence-corrected chi connectivity index (χ4v) is 6.64. The van der Waals surface area contributed by atoms with Crippen LogP contribution in [0.4, 0.5) is 5.82 Å². The first-order valence-electron chi connectivity index (χ1n) is 10.9. The van der Waals surface area contributed by atoms with Gasteiger partial charge in [-0.2, -0.15) is 0 Å². The van der Waals surface area contributed by atoms with E-state index in [1.165, 1.54) is 24.6 Å². The Hall–Kier alpha value is -1.55. The highest BCUT2D eigenvalue weighted by atomic mass is 79.9. The molecule has 2 aromatic heterocycles. The molecule has 0 atom stereocenters. The topological polar surface area (TPSA) is 104 Å². The predicted molar refractivity (Wildman–Crippen MR) is 128 cm³/mol. The van der Waals surface area contributed by atoms with Gasteiger partial charge < -0.3 is 10.4 Å². The summed E-state index contributed by atoms with van der Waals surface area (Å²) in [6, 6.07) is 3.58. The molecule has 9 heteroatoms. The third-order valence-electron chi connectivity index (χ3n) is 6.71. The highest BCUT2D eigenvalue weighted by Gasteiger charge is 2.60. The van der Waals surface area contributed by atoms with E-state index in [1.54, 1.807) is 12.3 Å². The van der Waals surface area contributed by atoms with Crippen molar-refractivity contribution in [3.05, 3.63) is 46.3 Å². The molecule has 2 fully saturated rings. The molecule has 4 rings (SSSR count). The van der Waals surface area contributed by atoms with E-state index >= 15 is 0 Å². The lowest BCUT2D eigenvalue weighted by Gasteiger charge is -2.47. The summed E-state index contributed by atoms with van der Waals surface area (Å²) in [4.78, 5) is 8.67. The van der Waals surface area contributed by atoms with Crippen LogP contribution in [0.5, 0.6) is 0 Å². The summed E-state index contributed by atoms with van der Waals surface area (Å²) >= 11 is 3.45. The van der Waals surface area contributed by atoms with Crippen LogP contribution in [0.3, 0.4) is 0 Å². The Morgan fingerprint density at radius 1 is 1.22 bits per heavy atom. The van der Waals surface area contributed by atoms with Gasteiger partial charge in [-0.05, 0) is 75.7 Å². The lowest BCUT2D eigenvalue weighted by Crippen LogP contribution is -2.49. The number of nitrogens with zero attached hydrogens (tertiary/aromatic N) is 2. The molecular weight excluding hydrogens is 492 g/mol. The summed E-state index contributed by atoms with van der Waals surface area (Å²) in [7, 11) is -3.72. The zero-order chi connectivity index (χ0) is 23.2. The molecule has 2 heterocycles. The Morgan fingerprint density at radius 2 is 1.94 bits per heavy atom. The second kappa shape index (κ2) is 8.34. The average molecular weight is 523 g/mol. The van der Waals surface area contributed by atoms with Gasteiger partial charge in [0.25, 0.3) is 0 Å². The zero-order valence-electron chi connectivity index (χ0n) is 18.8. The minimum absolute atomic E-state index is 0.00691. The van der Waals surface area contributed by atoms with E-state index in [1.807, 2.05) is 12.3 Å². The molecule has 0 aliphatic heterocycles. The van der Waals surface area contributed by atoms with Gasteiger partial charge in [-0.15, -0.1) is 0 Å². The number of anilines is 1. The zero-order valence-corrected chi connectivity index (χ0v) is 21.2. The van der Waals surface area contributed by atoms with Crippen LogP contribution in [-0.4, -0.2) is 36.6 Å². The summed E-state index contributed by atoms with van der Waals surface area (Å²) in [5, 5.41) is 13.1. The van der Waals surface area contributed by atoms with Crippen LogP contribution in [0.1, 0.15) is 57.6 Å². The van der Waals surface area contributed by atoms with E-state index in [9.17, 15) is 13.5 Å². The standard InChI is InChI=1S/C23H31BrN4O3S/c1-21(2,3)18-4-7-25-9-16(18)10-26-20-19(24)8-17(11-27-20)32(30,31)28-14-23(15-29)12-22(13-23)5-6-22/h4,7-9,11,28-29H,5-6,10,12-15H2,1-3H3,(H,26,27). The van der Waals surface area contributed by atoms with Crippen LogP contribution in [0.25, 0.3) is 0 Å². The highest BCUT2D eigenvalue weighted by molar-refractivity contribution is 9.10. The Morgan fingerprint density at radius 3 is 2.53 bits per heavy atom. The van der Waals surface area contributed by atoms with E-state index in [4.69, 9.17) is 0 Å². The molecule has 0 unspecified atom stereocenters. The maximum absolute atomic E-state index is 12.8. The minimum atomic E-state index is -3.72. The van der Waals surface area contributed by atoms with E-state index in [0.717, 1.165) is 18.4 Å². The number of aliphatic hydroxyl groups is 1. The minimum Gasteiger partial charge on any atom is -0.396 e. The maximum atomic E-state index is 12.8. The van der Waals surface area contributed by atoms with Gasteiger partial charge in [0.1, 0.15) is 10.7 Å². The van der Waals surface area contributed by atoms with Crippen molar-refractivity contribution < 1.29 is 13.5 Å². The van der Waals surface area contributed by atoms with Crippen molar-refractivity contribution in [2.24, 2.45) is 10.8 Å². The molecule has 0 amide bonds. The quantitative estimate of drug-likeness (QED) is 0.484. The van der Waals surface area contributed by atoms with Gasteiger partial charge in [-0.3, -0.25) is 4.98 Å². The molecule has 0 saturated heterocycles. The third-order valence-corrected chi connectivity index (χ3v) is 8.69. The monoisotopic (exact) mass is 522 g/mol. The lowest BCUT2D eigenvalue weighted by atomic mass is 9.60. The number of aliphatic hydroxyl groups excluding tert-OH is 1. The molecule has 0 aromatic carbocycles. The van der Waals surface area contributed by atoms with Crippen molar-refractivity contribution in [2.45, 2.75) is 63.3 Å². The van der Waals surface area contributed by atoms with Crippen LogP contribution >= 0.6 is 15.9 Å². The number of nitrogens with one attached hydrogen (secondary N) is 2. The van der Waals surface area contributed by atoms with Gasteiger partial charge in [0.2, 0.25) is 10.0 Å². The van der Waals surface area contributed by atoms with Crippen molar-refractivity contribution in [3.8, 4) is 0 Å². The molecule has 2 aliphatic carbocycles. The number of aromatic nitrogens is 2. The van der Waals surface area contributed by atoms with Gasteiger partial charge in [0, 0.05) is 43.7 Å². The van der Waals surface area contributed by atoms with Gasteiger partial charge in [0.05, 0.1) is 4.47 Å². The Kier molecular flexibility index (Phi) is 6.15. The van der Waals surface area contributed by atoms with Crippen LogP contribution < -0.4 is 10.0 Å². The number of halogens is 1. The molecule has 2 aromatic rings. The third kappa shape index (κ3) is 4.85. The van der Waals surface area contributed by atoms with E-state index in [0.29, 0.717) is 22.3 Å². The molecule has 3 N–H and O–H groups in total. The first kappa shape index (κ1) is 23.6. The van der Waals surface area contributed by atoms with E-state index in [-0.39, 0.29) is 28.9 Å². The number of hydrogen-bond donors (Lipinski definition) is 3. The van der Waals surface area contributed by atoms with E-state index in [2.05, 4.69) is 56.7 Å². The number of hydrogen-bond acceptors (Lipinski definition) is 6. The van der Waals surface area contributed by atoms with E-state index < -0.39 is 10.0 Å². The molecule has 7 nitrogen and oxygen atoms in total. The molecule has 32 heavy (non-hydrogen) atoms. The summed E-state index contributed by atoms with van der Waals surface area (Å²) in [6.07, 6.45) is 9.18. The molecule has 2 saturated carbocycles. The largest absolute Gasteiger partial charge is 0.396 e. The average Bonchev–Trinajstić information content (AvgIpc) is 3.50. The fourth-order valence-electron chi connectivity index (χ4n) is 4.87. The molecular formula is C23H31BrN4O3S. The first-order chi connectivity index (χ1) is 15.0. The summed E-state index contributed by atoms with van der Waals surface area (Å²) in [6.45, 7) is 7.25. The van der Waals surface area contributed by atoms with Crippen molar-refractivity contribution in [1.82, 2.24) is 14.7 Å². The number of rotatable bonds is 8. The number of sulfonamides is 1. The Labute approximate surface area is 198 Å². The van der Waals surface area contributed by atoms with Crippen LogP contribution in [0, 0.1) is 10.8 Å². The second-order valence-corrected chi connectivity index (χ2v) is 13.1. The van der Waals surface area contributed by atoms with Crippen molar-refractivity contribution in [3.63, 3.8) is 0 Å². The van der Waals surface area contributed by atoms with Gasteiger partial charge >= 0.3 is 0 Å². The summed E-state index contributed by atoms with van der Waals surface area (Å²) < 4.78 is 28.9. The van der Waals surface area contributed by atoms with Crippen molar-refractivity contribution in [2.75, 3.05) is 18.5 Å². The van der Waals surface area contributed by atoms with Gasteiger partial charge in [-0.25, -0.2) is 18.1 Å². The molecule has 0 radical (unpaired) electrons. The van der Waals surface area contributed by atoms with Gasteiger partial charge in [0.15, 0.2) is 0 Å². The molecule has 1 spiro atoms. The lowest BCUT2D eigenvalue weighted by molar-refractivity contribution is -0.0144. The Bertz CT molecular complexity index is 1100. The summed E-state index contributed by atoms with van der Waals surface area (Å²) in [5.41, 5.74) is 2.30. The predicted octanol–water partition coefficient (Wildman–Crippen LogP) is 3.98.